The summed E-state index contributed by atoms with van der Waals surface area (Å²) in [6.07, 6.45) is 4.41. The van der Waals surface area contributed by atoms with E-state index in [0.29, 0.717) is 11.4 Å². The highest BCUT2D eigenvalue weighted by Crippen LogP contribution is 2.03. The first kappa shape index (κ1) is 9.45. The van der Waals surface area contributed by atoms with Crippen LogP contribution in [0.4, 0.5) is 0 Å². The fraction of sp³-hybridized carbons (Fsp3) is 0.222. The number of aromatic nitrogens is 5. The largest absolute Gasteiger partial charge is 0.285 e. The third-order valence-electron chi connectivity index (χ3n) is 1.96. The quantitative estimate of drug-likeness (QED) is 0.649. The maximum atomic E-state index is 11.8. The number of rotatable bonds is 2. The van der Waals surface area contributed by atoms with Crippen molar-refractivity contribution in [1.82, 2.24) is 25.0 Å². The second-order valence-corrected chi connectivity index (χ2v) is 3.12. The second-order valence-electron chi connectivity index (χ2n) is 3.12. The van der Waals surface area contributed by atoms with Gasteiger partial charge in [-0.15, -0.1) is 5.10 Å². The number of hydrogen-bond acceptors (Lipinski definition) is 5. The minimum Gasteiger partial charge on any atom is -0.285 e. The van der Waals surface area contributed by atoms with Crippen LogP contribution in [-0.4, -0.2) is 30.7 Å². The summed E-state index contributed by atoms with van der Waals surface area (Å²) in [4.78, 5) is 19.8. The molecule has 2 heterocycles. The van der Waals surface area contributed by atoms with Gasteiger partial charge in [0.1, 0.15) is 11.4 Å². The summed E-state index contributed by atoms with van der Waals surface area (Å²) < 4.78 is 1.41. The fourth-order valence-corrected chi connectivity index (χ4v) is 1.14. The van der Waals surface area contributed by atoms with Gasteiger partial charge in [-0.25, -0.2) is 9.67 Å². The highest BCUT2D eigenvalue weighted by Gasteiger charge is 2.14. The molecule has 0 saturated heterocycles. The third kappa shape index (κ3) is 1.74. The van der Waals surface area contributed by atoms with Crippen LogP contribution in [-0.2, 0) is 7.05 Å². The molecule has 6 heteroatoms. The smallest absolute Gasteiger partial charge is 0.232 e. The molecule has 0 aromatic carbocycles. The van der Waals surface area contributed by atoms with Gasteiger partial charge in [-0.1, -0.05) is 5.21 Å². The lowest BCUT2D eigenvalue weighted by Crippen LogP contribution is -2.10. The van der Waals surface area contributed by atoms with Crippen molar-refractivity contribution in [2.45, 2.75) is 6.92 Å². The van der Waals surface area contributed by atoms with E-state index in [1.807, 2.05) is 6.92 Å². The fourth-order valence-electron chi connectivity index (χ4n) is 1.14. The molecule has 0 spiro atoms. The Morgan fingerprint density at radius 3 is 2.60 bits per heavy atom. The molecule has 15 heavy (non-hydrogen) atoms. The summed E-state index contributed by atoms with van der Waals surface area (Å²) in [6.45, 7) is 1.81. The lowest BCUT2D eigenvalue weighted by atomic mass is 10.2. The molecule has 0 fully saturated rings. The van der Waals surface area contributed by atoms with Crippen LogP contribution in [0.3, 0.4) is 0 Å². The first-order chi connectivity index (χ1) is 7.18. The van der Waals surface area contributed by atoms with Crippen molar-refractivity contribution >= 4 is 5.78 Å². The van der Waals surface area contributed by atoms with Gasteiger partial charge in [-0.05, 0) is 6.92 Å². The Balaban J connectivity index is 2.37. The van der Waals surface area contributed by atoms with E-state index in [9.17, 15) is 4.79 Å². The van der Waals surface area contributed by atoms with Crippen LogP contribution in [0.5, 0.6) is 0 Å². The minimum absolute atomic E-state index is 0.227. The monoisotopic (exact) mass is 203 g/mol. The Morgan fingerprint density at radius 2 is 2.07 bits per heavy atom. The van der Waals surface area contributed by atoms with Crippen LogP contribution in [0.2, 0.25) is 0 Å². The number of nitrogens with zero attached hydrogens (tertiary/aromatic N) is 5. The van der Waals surface area contributed by atoms with Gasteiger partial charge in [0.2, 0.25) is 5.78 Å². The Kier molecular flexibility index (Phi) is 2.24. The number of hydrogen-bond donors (Lipinski definition) is 0. The number of aryl methyl sites for hydroxylation is 2. The molecule has 0 amide bonds. The molecule has 2 rings (SSSR count). The van der Waals surface area contributed by atoms with E-state index < -0.39 is 0 Å². The van der Waals surface area contributed by atoms with E-state index in [0.717, 1.165) is 5.69 Å². The molecule has 0 radical (unpaired) electrons. The van der Waals surface area contributed by atoms with E-state index >= 15 is 0 Å². The maximum absolute atomic E-state index is 11.8. The first-order valence-electron chi connectivity index (χ1n) is 4.36. The van der Waals surface area contributed by atoms with Crippen LogP contribution in [0, 0.1) is 6.92 Å². The van der Waals surface area contributed by atoms with Gasteiger partial charge >= 0.3 is 0 Å². The van der Waals surface area contributed by atoms with Crippen molar-refractivity contribution in [3.63, 3.8) is 0 Å². The number of ketones is 1. The molecule has 0 atom stereocenters. The summed E-state index contributed by atoms with van der Waals surface area (Å²) in [7, 11) is 1.65. The second kappa shape index (κ2) is 3.56. The minimum atomic E-state index is -0.227. The summed E-state index contributed by atoms with van der Waals surface area (Å²) in [5, 5.41) is 7.31. The summed E-state index contributed by atoms with van der Waals surface area (Å²) in [5.41, 5.74) is 1.47. The van der Waals surface area contributed by atoms with E-state index in [1.165, 1.54) is 17.1 Å². The Labute approximate surface area is 86.0 Å². The zero-order valence-electron chi connectivity index (χ0n) is 8.38. The summed E-state index contributed by atoms with van der Waals surface area (Å²) in [6, 6.07) is 0. The van der Waals surface area contributed by atoms with Crippen LogP contribution >= 0.6 is 0 Å². The molecule has 0 aliphatic rings. The Bertz CT molecular complexity index is 487. The normalized spacial score (nSPS) is 10.3. The molecular formula is C9H9N5O. The van der Waals surface area contributed by atoms with E-state index in [4.69, 9.17) is 0 Å². The molecule has 0 aliphatic carbocycles. The van der Waals surface area contributed by atoms with Crippen molar-refractivity contribution in [2.75, 3.05) is 0 Å². The lowest BCUT2D eigenvalue weighted by molar-refractivity contribution is 0.102. The van der Waals surface area contributed by atoms with E-state index in [-0.39, 0.29) is 5.78 Å². The summed E-state index contributed by atoms with van der Waals surface area (Å²) >= 11 is 0. The van der Waals surface area contributed by atoms with E-state index in [1.54, 1.807) is 13.2 Å². The van der Waals surface area contributed by atoms with Gasteiger partial charge in [0, 0.05) is 13.2 Å². The average molecular weight is 203 g/mol. The SMILES string of the molecule is Cc1cnc(C(=O)c2cnnn2C)cn1. The molecule has 0 saturated carbocycles. The van der Waals surface area contributed by atoms with Gasteiger partial charge in [-0.3, -0.25) is 9.78 Å². The number of carbonyl (C=O) groups excluding carboxylic acids is 1. The molecule has 76 valence electrons. The van der Waals surface area contributed by atoms with Crippen LogP contribution < -0.4 is 0 Å². The third-order valence-corrected chi connectivity index (χ3v) is 1.96. The maximum Gasteiger partial charge on any atom is 0.232 e. The van der Waals surface area contributed by atoms with Crippen molar-refractivity contribution < 1.29 is 4.79 Å². The van der Waals surface area contributed by atoms with Crippen LogP contribution in [0.1, 0.15) is 21.9 Å². The molecule has 0 unspecified atom stereocenters. The molecule has 0 N–H and O–H groups in total. The zero-order chi connectivity index (χ0) is 10.8. The highest BCUT2D eigenvalue weighted by atomic mass is 16.1. The molecular weight excluding hydrogens is 194 g/mol. The van der Waals surface area contributed by atoms with Gasteiger partial charge < -0.3 is 0 Å². The van der Waals surface area contributed by atoms with Crippen molar-refractivity contribution in [3.8, 4) is 0 Å². The Morgan fingerprint density at radius 1 is 1.27 bits per heavy atom. The predicted molar refractivity (Wildman–Crippen MR) is 51.2 cm³/mol. The van der Waals surface area contributed by atoms with Crippen LogP contribution in [0.25, 0.3) is 0 Å². The molecule has 6 nitrogen and oxygen atoms in total. The Hall–Kier alpha value is -2.11. The molecule has 2 aromatic heterocycles. The highest BCUT2D eigenvalue weighted by molar-refractivity contribution is 6.06. The number of carbonyl (C=O) groups is 1. The van der Waals surface area contributed by atoms with Crippen molar-refractivity contribution in [1.29, 1.82) is 0 Å². The van der Waals surface area contributed by atoms with Crippen LogP contribution in [0.15, 0.2) is 18.6 Å². The van der Waals surface area contributed by atoms with Gasteiger partial charge in [0.25, 0.3) is 0 Å². The topological polar surface area (TPSA) is 73.6 Å². The van der Waals surface area contributed by atoms with Gasteiger partial charge in [0.05, 0.1) is 18.1 Å². The van der Waals surface area contributed by atoms with E-state index in [2.05, 4.69) is 20.3 Å². The molecule has 2 aromatic rings. The van der Waals surface area contributed by atoms with Gasteiger partial charge in [-0.2, -0.15) is 0 Å². The molecule has 0 bridgehead atoms. The zero-order valence-corrected chi connectivity index (χ0v) is 8.38. The first-order valence-corrected chi connectivity index (χ1v) is 4.36. The van der Waals surface area contributed by atoms with Crippen molar-refractivity contribution in [2.24, 2.45) is 7.05 Å². The lowest BCUT2D eigenvalue weighted by Gasteiger charge is -1.99. The molecule has 0 aliphatic heterocycles. The predicted octanol–water partition coefficient (Wildman–Crippen LogP) is 0.145. The van der Waals surface area contributed by atoms with Gasteiger partial charge in [0.15, 0.2) is 0 Å². The van der Waals surface area contributed by atoms with Crippen molar-refractivity contribution in [3.05, 3.63) is 35.7 Å². The average Bonchev–Trinajstić information content (AvgIpc) is 2.65. The standard InChI is InChI=1S/C9H9N5O/c1-6-3-11-7(4-10-6)9(15)8-5-12-13-14(8)2/h3-5H,1-2H3. The summed E-state index contributed by atoms with van der Waals surface area (Å²) in [5.74, 6) is -0.227.